The summed E-state index contributed by atoms with van der Waals surface area (Å²) in [5.74, 6) is 0. The maximum Gasteiger partial charge on any atom is 0.0709 e. The van der Waals surface area contributed by atoms with Crippen molar-refractivity contribution < 1.29 is 0 Å². The molecular weight excluding hydrogens is 265 g/mol. The Kier molecular flexibility index (Phi) is 5.06. The quantitative estimate of drug-likeness (QED) is 0.800. The number of halogens is 2. The summed E-state index contributed by atoms with van der Waals surface area (Å²) in [4.78, 5) is 0. The molecule has 0 aromatic heterocycles. The fourth-order valence-electron chi connectivity index (χ4n) is 1.77. The lowest BCUT2D eigenvalue weighted by Crippen LogP contribution is -2.18. The lowest BCUT2D eigenvalue weighted by atomic mass is 10.1. The number of nitrogens with one attached hydrogen (secondary N) is 1. The molecule has 3 heteroatoms. The van der Waals surface area contributed by atoms with E-state index >= 15 is 0 Å². The number of hydrogen-bond donors (Lipinski definition) is 1. The maximum atomic E-state index is 6.32. The van der Waals surface area contributed by atoms with Crippen LogP contribution in [0, 0.1) is 0 Å². The topological polar surface area (TPSA) is 12.0 Å². The van der Waals surface area contributed by atoms with Crippen molar-refractivity contribution in [3.8, 4) is 0 Å². The normalized spacial score (nSPS) is 12.3. The lowest BCUT2D eigenvalue weighted by molar-refractivity contribution is 0.674. The smallest absolute Gasteiger partial charge is 0.0709 e. The summed E-state index contributed by atoms with van der Waals surface area (Å²) in [5, 5.41) is 4.09. The van der Waals surface area contributed by atoms with E-state index in [9.17, 15) is 0 Å². The van der Waals surface area contributed by atoms with Crippen molar-refractivity contribution >= 4 is 23.2 Å². The Labute approximate surface area is 118 Å². The van der Waals surface area contributed by atoms with Gasteiger partial charge in [-0.2, -0.15) is 0 Å². The van der Waals surface area contributed by atoms with Crippen LogP contribution in [-0.4, -0.2) is 6.54 Å². The molecule has 2 aromatic rings. The van der Waals surface area contributed by atoms with Gasteiger partial charge in [-0.25, -0.2) is 0 Å². The number of alkyl halides is 1. The summed E-state index contributed by atoms with van der Waals surface area (Å²) in [6.07, 6.45) is 0. The molecule has 0 fully saturated rings. The molecule has 0 aliphatic rings. The summed E-state index contributed by atoms with van der Waals surface area (Å²) in [6, 6.07) is 17.9. The molecule has 94 valence electrons. The molecule has 0 radical (unpaired) electrons. The van der Waals surface area contributed by atoms with Gasteiger partial charge in [0.1, 0.15) is 0 Å². The van der Waals surface area contributed by atoms with Crippen LogP contribution in [0.1, 0.15) is 16.5 Å². The second-order valence-corrected chi connectivity index (χ2v) is 5.10. The van der Waals surface area contributed by atoms with Crippen molar-refractivity contribution in [3.63, 3.8) is 0 Å². The van der Waals surface area contributed by atoms with Crippen LogP contribution in [0.3, 0.4) is 0 Å². The molecule has 0 heterocycles. The minimum Gasteiger partial charge on any atom is -0.311 e. The molecule has 0 amide bonds. The van der Waals surface area contributed by atoms with Gasteiger partial charge in [0.15, 0.2) is 0 Å². The summed E-state index contributed by atoms with van der Waals surface area (Å²) >= 11 is 12.2. The van der Waals surface area contributed by atoms with E-state index in [2.05, 4.69) is 5.32 Å². The number of hydrogen-bond acceptors (Lipinski definition) is 1. The third kappa shape index (κ3) is 4.02. The summed E-state index contributed by atoms with van der Waals surface area (Å²) < 4.78 is 0. The molecule has 0 bridgehead atoms. The number of rotatable bonds is 5. The summed E-state index contributed by atoms with van der Waals surface area (Å²) in [7, 11) is 0. The third-order valence-corrected chi connectivity index (χ3v) is 3.34. The van der Waals surface area contributed by atoms with Crippen molar-refractivity contribution in [2.45, 2.75) is 11.9 Å². The molecule has 0 saturated carbocycles. The van der Waals surface area contributed by atoms with E-state index < -0.39 is 0 Å². The first-order valence-electron chi connectivity index (χ1n) is 5.90. The Bertz CT molecular complexity index is 485. The summed E-state index contributed by atoms with van der Waals surface area (Å²) in [6.45, 7) is 1.51. The van der Waals surface area contributed by atoms with E-state index in [-0.39, 0.29) is 5.38 Å². The highest BCUT2D eigenvalue weighted by Gasteiger charge is 2.06. The molecule has 1 N–H and O–H groups in total. The van der Waals surface area contributed by atoms with Crippen molar-refractivity contribution in [1.29, 1.82) is 0 Å². The van der Waals surface area contributed by atoms with Gasteiger partial charge >= 0.3 is 0 Å². The van der Waals surface area contributed by atoms with Crippen molar-refractivity contribution in [3.05, 3.63) is 70.7 Å². The predicted octanol–water partition coefficient (Wildman–Crippen LogP) is 4.41. The second kappa shape index (κ2) is 6.79. The molecule has 1 unspecified atom stereocenters. The Morgan fingerprint density at radius 2 is 1.78 bits per heavy atom. The molecule has 0 aliphatic carbocycles. The third-order valence-electron chi connectivity index (χ3n) is 2.70. The average Bonchev–Trinajstić information content (AvgIpc) is 2.40. The Hall–Kier alpha value is -1.02. The fraction of sp³-hybridized carbons (Fsp3) is 0.200. The SMILES string of the molecule is Clc1cccc(CNCC(Cl)c2ccccc2)c1. The van der Waals surface area contributed by atoms with Crippen molar-refractivity contribution in [2.24, 2.45) is 0 Å². The molecule has 18 heavy (non-hydrogen) atoms. The van der Waals surface area contributed by atoms with E-state index in [1.165, 1.54) is 5.56 Å². The fourth-order valence-corrected chi connectivity index (χ4v) is 2.24. The van der Waals surface area contributed by atoms with Crippen LogP contribution in [0.2, 0.25) is 5.02 Å². The van der Waals surface area contributed by atoms with Gasteiger partial charge in [-0.05, 0) is 23.3 Å². The first-order valence-corrected chi connectivity index (χ1v) is 6.71. The minimum atomic E-state index is -0.00890. The monoisotopic (exact) mass is 279 g/mol. The zero-order chi connectivity index (χ0) is 12.8. The van der Waals surface area contributed by atoms with Crippen molar-refractivity contribution in [2.75, 3.05) is 6.54 Å². The Morgan fingerprint density at radius 1 is 1.00 bits per heavy atom. The van der Waals surface area contributed by atoms with E-state index in [0.717, 1.165) is 23.7 Å². The highest BCUT2D eigenvalue weighted by Crippen LogP contribution is 2.19. The molecule has 2 rings (SSSR count). The largest absolute Gasteiger partial charge is 0.311 e. The molecule has 1 atom stereocenters. The van der Waals surface area contributed by atoms with Gasteiger partial charge in [0, 0.05) is 18.1 Å². The standard InChI is InChI=1S/C15H15Cl2N/c16-14-8-4-5-12(9-14)10-18-11-15(17)13-6-2-1-3-7-13/h1-9,15,18H,10-11H2. The first-order chi connectivity index (χ1) is 8.75. The predicted molar refractivity (Wildman–Crippen MR) is 78.2 cm³/mol. The van der Waals surface area contributed by atoms with Crippen LogP contribution in [-0.2, 0) is 6.54 Å². The molecule has 2 aromatic carbocycles. The Morgan fingerprint density at radius 3 is 2.50 bits per heavy atom. The van der Waals surface area contributed by atoms with Gasteiger partial charge < -0.3 is 5.32 Å². The zero-order valence-electron chi connectivity index (χ0n) is 9.94. The van der Waals surface area contributed by atoms with Crippen LogP contribution < -0.4 is 5.32 Å². The highest BCUT2D eigenvalue weighted by atomic mass is 35.5. The summed E-state index contributed by atoms with van der Waals surface area (Å²) in [5.41, 5.74) is 2.30. The van der Waals surface area contributed by atoms with Gasteiger partial charge in [-0.15, -0.1) is 11.6 Å². The molecule has 0 spiro atoms. The zero-order valence-corrected chi connectivity index (χ0v) is 11.5. The molecule has 1 nitrogen and oxygen atoms in total. The van der Waals surface area contributed by atoms with Crippen LogP contribution >= 0.6 is 23.2 Å². The molecule has 0 aliphatic heterocycles. The lowest BCUT2D eigenvalue weighted by Gasteiger charge is -2.11. The van der Waals surface area contributed by atoms with E-state index in [0.29, 0.717) is 0 Å². The Balaban J connectivity index is 1.82. The maximum absolute atomic E-state index is 6.32. The second-order valence-electron chi connectivity index (χ2n) is 4.14. The number of benzene rings is 2. The van der Waals surface area contributed by atoms with Crippen molar-refractivity contribution in [1.82, 2.24) is 5.32 Å². The van der Waals surface area contributed by atoms with Gasteiger partial charge in [-0.3, -0.25) is 0 Å². The van der Waals surface area contributed by atoms with Crippen LogP contribution in [0.25, 0.3) is 0 Å². The minimum absolute atomic E-state index is 0.00890. The highest BCUT2D eigenvalue weighted by molar-refractivity contribution is 6.30. The van der Waals surface area contributed by atoms with Gasteiger partial charge in [-0.1, -0.05) is 54.1 Å². The van der Waals surface area contributed by atoms with E-state index in [4.69, 9.17) is 23.2 Å². The van der Waals surface area contributed by atoms with Gasteiger partial charge in [0.2, 0.25) is 0 Å². The first kappa shape index (κ1) is 13.4. The van der Waals surface area contributed by atoms with Crippen LogP contribution in [0.4, 0.5) is 0 Å². The average molecular weight is 280 g/mol. The molecular formula is C15H15Cl2N. The van der Waals surface area contributed by atoms with Crippen LogP contribution in [0.5, 0.6) is 0 Å². The van der Waals surface area contributed by atoms with E-state index in [1.54, 1.807) is 0 Å². The molecule has 0 saturated heterocycles. The van der Waals surface area contributed by atoms with E-state index in [1.807, 2.05) is 54.6 Å². The van der Waals surface area contributed by atoms with Crippen LogP contribution in [0.15, 0.2) is 54.6 Å². The van der Waals surface area contributed by atoms with Gasteiger partial charge in [0.25, 0.3) is 0 Å². The van der Waals surface area contributed by atoms with Gasteiger partial charge in [0.05, 0.1) is 5.38 Å².